The third-order valence-electron chi connectivity index (χ3n) is 2.52. The van der Waals surface area contributed by atoms with Gasteiger partial charge in [0.25, 0.3) is 0 Å². The Morgan fingerprint density at radius 2 is 1.81 bits per heavy atom. The molecule has 0 aromatic heterocycles. The molecule has 0 spiro atoms. The molecule has 0 aromatic carbocycles. The lowest BCUT2D eigenvalue weighted by molar-refractivity contribution is -0.146. The van der Waals surface area contributed by atoms with Crippen LogP contribution in [0, 0.1) is 11.8 Å². The number of aliphatic carboxylic acids is 1. The van der Waals surface area contributed by atoms with Gasteiger partial charge in [-0.3, -0.25) is 9.59 Å². The number of hydrogen-bond acceptors (Lipinski definition) is 3. The summed E-state index contributed by atoms with van der Waals surface area (Å²) in [5.74, 6) is -2.49. The van der Waals surface area contributed by atoms with Gasteiger partial charge in [-0.05, 0) is 13.8 Å². The Kier molecular flexibility index (Phi) is 5.44. The van der Waals surface area contributed by atoms with Crippen LogP contribution >= 0.6 is 0 Å². The van der Waals surface area contributed by atoms with Gasteiger partial charge in [-0.1, -0.05) is 13.8 Å². The Hall–Kier alpha value is -1.10. The molecule has 0 saturated heterocycles. The molecule has 16 heavy (non-hydrogen) atoms. The van der Waals surface area contributed by atoms with Gasteiger partial charge in [-0.25, -0.2) is 0 Å². The molecule has 0 radical (unpaired) electrons. The fraction of sp³-hybridized carbons (Fsp3) is 0.818. The molecule has 0 saturated carbocycles. The highest BCUT2D eigenvalue weighted by molar-refractivity contribution is 5.84. The number of carboxylic acid groups (broad SMARTS) is 1. The van der Waals surface area contributed by atoms with E-state index in [2.05, 4.69) is 5.32 Å². The molecule has 0 aliphatic carbocycles. The first kappa shape index (κ1) is 14.9. The number of ether oxygens (including phenoxy) is 1. The van der Waals surface area contributed by atoms with Gasteiger partial charge in [0.1, 0.15) is 0 Å². The van der Waals surface area contributed by atoms with E-state index < -0.39 is 23.3 Å². The van der Waals surface area contributed by atoms with Crippen LogP contribution < -0.4 is 5.32 Å². The molecule has 2 atom stereocenters. The molecule has 0 heterocycles. The second-order valence-corrected chi connectivity index (χ2v) is 4.72. The maximum Gasteiger partial charge on any atom is 0.307 e. The third kappa shape index (κ3) is 4.61. The maximum absolute atomic E-state index is 11.7. The van der Waals surface area contributed by atoms with Crippen molar-refractivity contribution in [2.75, 3.05) is 13.7 Å². The molecule has 2 unspecified atom stereocenters. The number of rotatable bonds is 6. The van der Waals surface area contributed by atoms with E-state index in [1.54, 1.807) is 14.0 Å². The van der Waals surface area contributed by atoms with Gasteiger partial charge in [-0.15, -0.1) is 0 Å². The lowest BCUT2D eigenvalue weighted by Crippen LogP contribution is -2.50. The predicted octanol–water partition coefficient (Wildman–Crippen LogP) is 0.884. The summed E-state index contributed by atoms with van der Waals surface area (Å²) in [5, 5.41) is 11.6. The van der Waals surface area contributed by atoms with Crippen LogP contribution in [0.5, 0.6) is 0 Å². The van der Waals surface area contributed by atoms with Crippen molar-refractivity contribution in [2.24, 2.45) is 11.8 Å². The van der Waals surface area contributed by atoms with Crippen molar-refractivity contribution in [1.82, 2.24) is 5.32 Å². The minimum Gasteiger partial charge on any atom is -0.481 e. The molecule has 2 N–H and O–H groups in total. The van der Waals surface area contributed by atoms with E-state index >= 15 is 0 Å². The molecule has 5 nitrogen and oxygen atoms in total. The molecule has 0 aliphatic heterocycles. The third-order valence-corrected chi connectivity index (χ3v) is 2.52. The quantitative estimate of drug-likeness (QED) is 0.711. The summed E-state index contributed by atoms with van der Waals surface area (Å²) in [6.07, 6.45) is 0. The van der Waals surface area contributed by atoms with Crippen molar-refractivity contribution in [3.05, 3.63) is 0 Å². The first-order valence-corrected chi connectivity index (χ1v) is 5.25. The Balaban J connectivity index is 4.41. The van der Waals surface area contributed by atoms with Crippen molar-refractivity contribution in [3.8, 4) is 0 Å². The van der Waals surface area contributed by atoms with Crippen LogP contribution in [0.25, 0.3) is 0 Å². The second-order valence-electron chi connectivity index (χ2n) is 4.72. The SMILES string of the molecule is COCC(C)(C)NC(=O)C(C)C(C)C(=O)O. The molecule has 0 bridgehead atoms. The summed E-state index contributed by atoms with van der Waals surface area (Å²) >= 11 is 0. The summed E-state index contributed by atoms with van der Waals surface area (Å²) in [6.45, 7) is 7.17. The topological polar surface area (TPSA) is 75.6 Å². The number of carbonyl (C=O) groups is 2. The van der Waals surface area contributed by atoms with Gasteiger partial charge in [0.15, 0.2) is 0 Å². The average Bonchev–Trinajstić information content (AvgIpc) is 2.14. The Labute approximate surface area is 96.2 Å². The molecule has 0 aliphatic rings. The first-order chi connectivity index (χ1) is 7.21. The van der Waals surface area contributed by atoms with E-state index in [-0.39, 0.29) is 5.91 Å². The summed E-state index contributed by atoms with van der Waals surface area (Å²) in [6, 6.07) is 0. The molecule has 0 aromatic rings. The molecule has 94 valence electrons. The molecule has 1 amide bonds. The van der Waals surface area contributed by atoms with E-state index in [4.69, 9.17) is 9.84 Å². The van der Waals surface area contributed by atoms with Crippen LogP contribution in [0.2, 0.25) is 0 Å². The number of carbonyl (C=O) groups excluding carboxylic acids is 1. The second kappa shape index (κ2) is 5.84. The highest BCUT2D eigenvalue weighted by Gasteiger charge is 2.29. The Bertz CT molecular complexity index is 263. The monoisotopic (exact) mass is 231 g/mol. The average molecular weight is 231 g/mol. The fourth-order valence-electron chi connectivity index (χ4n) is 1.29. The summed E-state index contributed by atoms with van der Waals surface area (Å²) in [5.41, 5.74) is -0.488. The fourth-order valence-corrected chi connectivity index (χ4v) is 1.29. The number of amides is 1. The van der Waals surface area contributed by atoms with Gasteiger partial charge in [0.05, 0.1) is 18.1 Å². The van der Waals surface area contributed by atoms with Crippen molar-refractivity contribution >= 4 is 11.9 Å². The first-order valence-electron chi connectivity index (χ1n) is 5.25. The van der Waals surface area contributed by atoms with Crippen molar-refractivity contribution in [1.29, 1.82) is 0 Å². The zero-order valence-corrected chi connectivity index (χ0v) is 10.5. The summed E-state index contributed by atoms with van der Waals surface area (Å²) < 4.78 is 4.96. The van der Waals surface area contributed by atoms with Gasteiger partial charge < -0.3 is 15.2 Å². The van der Waals surface area contributed by atoms with E-state index in [0.29, 0.717) is 6.61 Å². The van der Waals surface area contributed by atoms with E-state index in [1.165, 1.54) is 6.92 Å². The molecular formula is C11H21NO4. The van der Waals surface area contributed by atoms with Crippen molar-refractivity contribution in [2.45, 2.75) is 33.2 Å². The lowest BCUT2D eigenvalue weighted by atomic mass is 9.94. The highest BCUT2D eigenvalue weighted by Crippen LogP contribution is 2.13. The van der Waals surface area contributed by atoms with Crippen molar-refractivity contribution in [3.63, 3.8) is 0 Å². The minimum atomic E-state index is -0.966. The standard InChI is InChI=1S/C11H21NO4/c1-7(8(2)10(14)15)9(13)12-11(3,4)6-16-5/h7-8H,6H2,1-5H3,(H,12,13)(H,14,15). The van der Waals surface area contributed by atoms with Crippen LogP contribution in [-0.2, 0) is 14.3 Å². The maximum atomic E-state index is 11.7. The lowest BCUT2D eigenvalue weighted by Gasteiger charge is -2.28. The van der Waals surface area contributed by atoms with Crippen LogP contribution in [0.3, 0.4) is 0 Å². The normalized spacial score (nSPS) is 15.3. The van der Waals surface area contributed by atoms with Crippen LogP contribution in [0.1, 0.15) is 27.7 Å². The van der Waals surface area contributed by atoms with Crippen LogP contribution in [-0.4, -0.2) is 36.2 Å². The van der Waals surface area contributed by atoms with E-state index in [1.807, 2.05) is 13.8 Å². The Morgan fingerprint density at radius 3 is 2.19 bits per heavy atom. The van der Waals surface area contributed by atoms with Gasteiger partial charge in [0, 0.05) is 13.0 Å². The van der Waals surface area contributed by atoms with Gasteiger partial charge >= 0.3 is 5.97 Å². The minimum absolute atomic E-state index is 0.267. The number of methoxy groups -OCH3 is 1. The number of nitrogens with one attached hydrogen (secondary N) is 1. The zero-order chi connectivity index (χ0) is 12.9. The summed E-state index contributed by atoms with van der Waals surface area (Å²) in [4.78, 5) is 22.5. The predicted molar refractivity (Wildman–Crippen MR) is 60.1 cm³/mol. The summed E-state index contributed by atoms with van der Waals surface area (Å²) in [7, 11) is 1.55. The van der Waals surface area contributed by atoms with Crippen LogP contribution in [0.4, 0.5) is 0 Å². The van der Waals surface area contributed by atoms with Crippen LogP contribution in [0.15, 0.2) is 0 Å². The van der Waals surface area contributed by atoms with E-state index in [9.17, 15) is 9.59 Å². The largest absolute Gasteiger partial charge is 0.481 e. The molecular weight excluding hydrogens is 210 g/mol. The van der Waals surface area contributed by atoms with Crippen molar-refractivity contribution < 1.29 is 19.4 Å². The zero-order valence-electron chi connectivity index (χ0n) is 10.5. The van der Waals surface area contributed by atoms with Gasteiger partial charge in [-0.2, -0.15) is 0 Å². The smallest absolute Gasteiger partial charge is 0.307 e. The Morgan fingerprint density at radius 1 is 1.31 bits per heavy atom. The molecule has 0 fully saturated rings. The van der Waals surface area contributed by atoms with E-state index in [0.717, 1.165) is 0 Å². The molecule has 5 heteroatoms. The number of hydrogen-bond donors (Lipinski definition) is 2. The highest BCUT2D eigenvalue weighted by atomic mass is 16.5. The van der Waals surface area contributed by atoms with Gasteiger partial charge in [0.2, 0.25) is 5.91 Å². The molecule has 0 rings (SSSR count). The number of carboxylic acids is 1.